The van der Waals surface area contributed by atoms with Crippen molar-refractivity contribution in [3.8, 4) is 11.1 Å². The smallest absolute Gasteiger partial charge is 0.341 e. The second-order valence-corrected chi connectivity index (χ2v) is 5.44. The van der Waals surface area contributed by atoms with Gasteiger partial charge in [-0.15, -0.1) is 11.3 Å². The number of amides is 1. The highest BCUT2D eigenvalue weighted by Gasteiger charge is 2.23. The number of benzene rings is 1. The van der Waals surface area contributed by atoms with Crippen LogP contribution in [0.2, 0.25) is 0 Å². The molecule has 1 heterocycles. The van der Waals surface area contributed by atoms with E-state index in [1.807, 2.05) is 0 Å². The fraction of sp³-hybridized carbons (Fsp3) is 0.200. The number of esters is 1. The molecular formula is C15H14N2O5S. The summed E-state index contributed by atoms with van der Waals surface area (Å²) >= 11 is 1.17. The highest BCUT2D eigenvalue weighted by atomic mass is 32.1. The molecule has 1 amide bonds. The number of hydrogen-bond acceptors (Lipinski definition) is 6. The molecule has 0 aliphatic rings. The molecule has 0 bridgehead atoms. The van der Waals surface area contributed by atoms with E-state index in [0.29, 0.717) is 16.1 Å². The van der Waals surface area contributed by atoms with Crippen LogP contribution in [-0.4, -0.2) is 23.4 Å². The molecule has 0 saturated heterocycles. The van der Waals surface area contributed by atoms with Gasteiger partial charge in [-0.2, -0.15) is 0 Å². The van der Waals surface area contributed by atoms with Gasteiger partial charge in [0.2, 0.25) is 5.91 Å². The summed E-state index contributed by atoms with van der Waals surface area (Å²) < 4.78 is 5.03. The Hall–Kier alpha value is -2.74. The minimum Gasteiger partial charge on any atom is -0.462 e. The molecule has 0 atom stereocenters. The number of rotatable bonds is 5. The fourth-order valence-corrected chi connectivity index (χ4v) is 3.02. The Bertz CT molecular complexity index is 769. The first-order chi connectivity index (χ1) is 10.9. The van der Waals surface area contributed by atoms with Crippen molar-refractivity contribution in [2.45, 2.75) is 13.8 Å². The average Bonchev–Trinajstić information content (AvgIpc) is 2.90. The van der Waals surface area contributed by atoms with E-state index in [-0.39, 0.29) is 23.8 Å². The Balaban J connectivity index is 2.55. The quantitative estimate of drug-likeness (QED) is 0.513. The number of nitro benzene ring substituents is 1. The fourth-order valence-electron chi connectivity index (χ4n) is 2.02. The maximum absolute atomic E-state index is 12.2. The second kappa shape index (κ2) is 7.01. The summed E-state index contributed by atoms with van der Waals surface area (Å²) in [6.45, 7) is 3.19. The number of anilines is 1. The largest absolute Gasteiger partial charge is 0.462 e. The molecular weight excluding hydrogens is 320 g/mol. The molecule has 0 fully saturated rings. The van der Waals surface area contributed by atoms with Crippen LogP contribution in [0.3, 0.4) is 0 Å². The number of nitrogens with one attached hydrogen (secondary N) is 1. The van der Waals surface area contributed by atoms with Gasteiger partial charge >= 0.3 is 5.97 Å². The van der Waals surface area contributed by atoms with Gasteiger partial charge in [-0.1, -0.05) is 12.1 Å². The molecule has 2 rings (SSSR count). The number of non-ortho nitro benzene ring substituents is 1. The Morgan fingerprint density at radius 3 is 2.74 bits per heavy atom. The zero-order valence-electron chi connectivity index (χ0n) is 12.5. The summed E-state index contributed by atoms with van der Waals surface area (Å²) in [4.78, 5) is 33.9. The van der Waals surface area contributed by atoms with Gasteiger partial charge in [0.05, 0.1) is 11.5 Å². The lowest BCUT2D eigenvalue weighted by Crippen LogP contribution is -2.11. The molecule has 23 heavy (non-hydrogen) atoms. The van der Waals surface area contributed by atoms with Crippen molar-refractivity contribution in [3.63, 3.8) is 0 Å². The third-order valence-corrected chi connectivity index (χ3v) is 3.82. The topological polar surface area (TPSA) is 98.5 Å². The van der Waals surface area contributed by atoms with Gasteiger partial charge in [0.25, 0.3) is 5.69 Å². The molecule has 120 valence electrons. The van der Waals surface area contributed by atoms with Crippen LogP contribution in [0.15, 0.2) is 29.6 Å². The van der Waals surface area contributed by atoms with E-state index in [1.54, 1.807) is 18.4 Å². The van der Waals surface area contributed by atoms with Crippen LogP contribution in [0.5, 0.6) is 0 Å². The highest BCUT2D eigenvalue weighted by Crippen LogP contribution is 2.37. The number of nitrogens with zero attached hydrogens (tertiary/aromatic N) is 1. The van der Waals surface area contributed by atoms with Gasteiger partial charge in [-0.05, 0) is 12.5 Å². The lowest BCUT2D eigenvalue weighted by Gasteiger charge is -2.07. The number of thiophene rings is 1. The van der Waals surface area contributed by atoms with Crippen molar-refractivity contribution >= 4 is 33.9 Å². The lowest BCUT2D eigenvalue weighted by atomic mass is 10.0. The molecule has 1 N–H and O–H groups in total. The van der Waals surface area contributed by atoms with Gasteiger partial charge in [0, 0.05) is 30.0 Å². The monoisotopic (exact) mass is 334 g/mol. The van der Waals surface area contributed by atoms with Crippen molar-refractivity contribution in [2.24, 2.45) is 0 Å². The Labute approximate surface area is 136 Å². The van der Waals surface area contributed by atoms with Gasteiger partial charge in [0.15, 0.2) is 0 Å². The molecule has 2 aromatic rings. The average molecular weight is 334 g/mol. The predicted octanol–water partition coefficient (Wildman–Crippen LogP) is 3.46. The van der Waals surface area contributed by atoms with Crippen LogP contribution in [0, 0.1) is 10.1 Å². The molecule has 0 unspecified atom stereocenters. The number of carbonyl (C=O) groups is 2. The van der Waals surface area contributed by atoms with Gasteiger partial charge in [-0.3, -0.25) is 14.9 Å². The first-order valence-electron chi connectivity index (χ1n) is 6.75. The third-order valence-electron chi connectivity index (χ3n) is 2.93. The van der Waals surface area contributed by atoms with Crippen LogP contribution in [0.1, 0.15) is 24.2 Å². The van der Waals surface area contributed by atoms with E-state index in [9.17, 15) is 19.7 Å². The standard InChI is InChI=1S/C15H14N2O5S/c1-3-22-15(19)13-12(8-23-14(13)16-9(2)18)10-5-4-6-11(7-10)17(20)21/h4-8H,3H2,1-2H3,(H,16,18). The van der Waals surface area contributed by atoms with E-state index >= 15 is 0 Å². The predicted molar refractivity (Wildman–Crippen MR) is 86.7 cm³/mol. The first kappa shape index (κ1) is 16.6. The zero-order chi connectivity index (χ0) is 17.0. The molecule has 0 radical (unpaired) electrons. The molecule has 0 spiro atoms. The molecule has 8 heteroatoms. The van der Waals surface area contributed by atoms with E-state index in [2.05, 4.69) is 5.32 Å². The van der Waals surface area contributed by atoms with Crippen LogP contribution >= 0.6 is 11.3 Å². The van der Waals surface area contributed by atoms with E-state index < -0.39 is 10.9 Å². The summed E-state index contributed by atoms with van der Waals surface area (Å²) in [6, 6.07) is 5.95. The molecule has 1 aromatic carbocycles. The van der Waals surface area contributed by atoms with Gasteiger partial charge in [0.1, 0.15) is 10.6 Å². The zero-order valence-corrected chi connectivity index (χ0v) is 13.3. The minimum absolute atomic E-state index is 0.0791. The molecule has 0 saturated carbocycles. The Morgan fingerprint density at radius 2 is 2.13 bits per heavy atom. The van der Waals surface area contributed by atoms with Crippen LogP contribution in [0.4, 0.5) is 10.7 Å². The van der Waals surface area contributed by atoms with Crippen molar-refractivity contribution in [1.29, 1.82) is 0 Å². The number of carbonyl (C=O) groups excluding carboxylic acids is 2. The Kier molecular flexibility index (Phi) is 5.07. The van der Waals surface area contributed by atoms with Crippen molar-refractivity contribution in [3.05, 3.63) is 45.3 Å². The van der Waals surface area contributed by atoms with Crippen molar-refractivity contribution in [2.75, 3.05) is 11.9 Å². The van der Waals surface area contributed by atoms with E-state index in [1.165, 1.54) is 36.5 Å². The van der Waals surface area contributed by atoms with E-state index in [4.69, 9.17) is 4.74 Å². The Morgan fingerprint density at radius 1 is 1.39 bits per heavy atom. The summed E-state index contributed by atoms with van der Waals surface area (Å²) in [7, 11) is 0. The van der Waals surface area contributed by atoms with Crippen LogP contribution in [0.25, 0.3) is 11.1 Å². The highest BCUT2D eigenvalue weighted by molar-refractivity contribution is 7.15. The molecule has 0 aliphatic carbocycles. The van der Waals surface area contributed by atoms with Crippen molar-refractivity contribution in [1.82, 2.24) is 0 Å². The van der Waals surface area contributed by atoms with Crippen LogP contribution in [-0.2, 0) is 9.53 Å². The maximum Gasteiger partial charge on any atom is 0.341 e. The van der Waals surface area contributed by atoms with Crippen LogP contribution < -0.4 is 5.32 Å². The maximum atomic E-state index is 12.2. The molecule has 0 aliphatic heterocycles. The molecule has 7 nitrogen and oxygen atoms in total. The van der Waals surface area contributed by atoms with E-state index in [0.717, 1.165) is 0 Å². The number of ether oxygens (including phenoxy) is 1. The van der Waals surface area contributed by atoms with Gasteiger partial charge < -0.3 is 10.1 Å². The SMILES string of the molecule is CCOC(=O)c1c(-c2cccc([N+](=O)[O-])c2)csc1NC(C)=O. The summed E-state index contributed by atoms with van der Waals surface area (Å²) in [5.74, 6) is -0.901. The second-order valence-electron chi connectivity index (χ2n) is 4.56. The number of nitro groups is 1. The lowest BCUT2D eigenvalue weighted by molar-refractivity contribution is -0.384. The number of hydrogen-bond donors (Lipinski definition) is 1. The van der Waals surface area contributed by atoms with Crippen molar-refractivity contribution < 1.29 is 19.2 Å². The summed E-state index contributed by atoms with van der Waals surface area (Å²) in [6.07, 6.45) is 0. The van der Waals surface area contributed by atoms with Gasteiger partial charge in [-0.25, -0.2) is 4.79 Å². The molecule has 1 aromatic heterocycles. The summed E-state index contributed by atoms with van der Waals surface area (Å²) in [5.41, 5.74) is 1.12. The first-order valence-corrected chi connectivity index (χ1v) is 7.63. The normalized spacial score (nSPS) is 10.2. The summed E-state index contributed by atoms with van der Waals surface area (Å²) in [5, 5.41) is 15.5. The third kappa shape index (κ3) is 3.72. The minimum atomic E-state index is -0.584.